The molecule has 0 atom stereocenters. The summed E-state index contributed by atoms with van der Waals surface area (Å²) < 4.78 is 29.0. The molecular weight excluding hydrogens is 304 g/mol. The lowest BCUT2D eigenvalue weighted by Crippen LogP contribution is -2.14. The van der Waals surface area contributed by atoms with E-state index in [1.54, 1.807) is 35.9 Å². The van der Waals surface area contributed by atoms with Gasteiger partial charge in [0.25, 0.3) is 10.0 Å². The van der Waals surface area contributed by atoms with Gasteiger partial charge in [-0.2, -0.15) is 5.10 Å². The number of nitrogens with one attached hydrogen (secondary N) is 2. The molecule has 7 nitrogen and oxygen atoms in total. The van der Waals surface area contributed by atoms with Crippen LogP contribution in [-0.2, 0) is 21.4 Å². The Hall–Kier alpha value is -2.35. The number of sulfonamides is 1. The Labute approximate surface area is 129 Å². The van der Waals surface area contributed by atoms with Gasteiger partial charge in [0, 0.05) is 19.2 Å². The lowest BCUT2D eigenvalue weighted by atomic mass is 10.3. The number of hydrogen-bond donors (Lipinski definition) is 2. The molecule has 1 heterocycles. The normalized spacial score (nSPS) is 11.2. The Bertz CT molecular complexity index is 796. The number of amides is 1. The molecule has 0 aliphatic heterocycles. The molecule has 22 heavy (non-hydrogen) atoms. The van der Waals surface area contributed by atoms with E-state index >= 15 is 0 Å². The Morgan fingerprint density at radius 3 is 2.59 bits per heavy atom. The van der Waals surface area contributed by atoms with Crippen molar-refractivity contribution in [3.05, 3.63) is 36.2 Å². The van der Waals surface area contributed by atoms with Crippen LogP contribution in [0.25, 0.3) is 0 Å². The maximum Gasteiger partial charge on any atom is 0.265 e. The van der Waals surface area contributed by atoms with Crippen LogP contribution in [0.2, 0.25) is 0 Å². The summed E-state index contributed by atoms with van der Waals surface area (Å²) in [7, 11) is -3.72. The SMILES string of the molecule is CCn1ncc(S(=O)(=O)Nc2cccc(NC(C)=O)c2)c1C. The number of aryl methyl sites for hydroxylation is 1. The van der Waals surface area contributed by atoms with E-state index in [-0.39, 0.29) is 10.8 Å². The predicted octanol–water partition coefficient (Wildman–Crippen LogP) is 1.97. The molecule has 118 valence electrons. The first-order valence-corrected chi connectivity index (χ1v) is 8.24. The first-order valence-electron chi connectivity index (χ1n) is 6.76. The Kier molecular flexibility index (Phi) is 4.51. The second kappa shape index (κ2) is 6.18. The monoisotopic (exact) mass is 322 g/mol. The lowest BCUT2D eigenvalue weighted by molar-refractivity contribution is -0.114. The van der Waals surface area contributed by atoms with Crippen molar-refractivity contribution in [3.63, 3.8) is 0 Å². The molecule has 1 aromatic carbocycles. The zero-order valence-electron chi connectivity index (χ0n) is 12.6. The fourth-order valence-corrected chi connectivity index (χ4v) is 3.31. The minimum absolute atomic E-state index is 0.138. The molecule has 0 spiro atoms. The van der Waals surface area contributed by atoms with Crippen molar-refractivity contribution >= 4 is 27.3 Å². The molecule has 0 saturated carbocycles. The molecule has 2 N–H and O–H groups in total. The number of nitrogens with zero attached hydrogens (tertiary/aromatic N) is 2. The Balaban J connectivity index is 2.28. The third kappa shape index (κ3) is 3.45. The number of benzene rings is 1. The second-order valence-corrected chi connectivity index (χ2v) is 6.43. The van der Waals surface area contributed by atoms with Crippen LogP contribution in [0.1, 0.15) is 19.5 Å². The van der Waals surface area contributed by atoms with Gasteiger partial charge in [-0.25, -0.2) is 8.42 Å². The molecule has 0 saturated heterocycles. The number of carbonyl (C=O) groups is 1. The molecule has 1 aromatic heterocycles. The highest BCUT2D eigenvalue weighted by molar-refractivity contribution is 7.92. The third-order valence-electron chi connectivity index (χ3n) is 3.08. The van der Waals surface area contributed by atoms with Crippen molar-refractivity contribution in [2.24, 2.45) is 0 Å². The first-order chi connectivity index (χ1) is 10.3. The third-order valence-corrected chi connectivity index (χ3v) is 4.57. The summed E-state index contributed by atoms with van der Waals surface area (Å²) in [5.74, 6) is -0.222. The lowest BCUT2D eigenvalue weighted by Gasteiger charge is -2.09. The van der Waals surface area contributed by atoms with Gasteiger partial charge in [-0.1, -0.05) is 6.07 Å². The zero-order chi connectivity index (χ0) is 16.3. The molecule has 0 aliphatic rings. The smallest absolute Gasteiger partial charge is 0.265 e. The van der Waals surface area contributed by atoms with Crippen molar-refractivity contribution in [3.8, 4) is 0 Å². The molecule has 2 aromatic rings. The van der Waals surface area contributed by atoms with Gasteiger partial charge in [0.15, 0.2) is 0 Å². The number of anilines is 2. The van der Waals surface area contributed by atoms with Crippen molar-refractivity contribution in [2.45, 2.75) is 32.2 Å². The molecule has 8 heteroatoms. The van der Waals surface area contributed by atoms with Gasteiger partial charge in [0.05, 0.1) is 17.6 Å². The average molecular weight is 322 g/mol. The van der Waals surface area contributed by atoms with Gasteiger partial charge in [-0.05, 0) is 32.0 Å². The van der Waals surface area contributed by atoms with Crippen molar-refractivity contribution in [2.75, 3.05) is 10.0 Å². The molecular formula is C14H18N4O3S. The topological polar surface area (TPSA) is 93.1 Å². The summed E-state index contributed by atoms with van der Waals surface area (Å²) in [6.07, 6.45) is 1.33. The number of aromatic nitrogens is 2. The maximum absolute atomic E-state index is 12.4. The van der Waals surface area contributed by atoms with Crippen molar-refractivity contribution in [1.29, 1.82) is 0 Å². The highest BCUT2D eigenvalue weighted by Gasteiger charge is 2.20. The van der Waals surface area contributed by atoms with Crippen LogP contribution in [0.3, 0.4) is 0 Å². The summed E-state index contributed by atoms with van der Waals surface area (Å²) in [5, 5.41) is 6.64. The van der Waals surface area contributed by atoms with Crippen LogP contribution >= 0.6 is 0 Å². The van der Waals surface area contributed by atoms with Crippen LogP contribution in [-0.4, -0.2) is 24.1 Å². The van der Waals surface area contributed by atoms with Crippen LogP contribution in [0, 0.1) is 6.92 Å². The molecule has 1 amide bonds. The van der Waals surface area contributed by atoms with Gasteiger partial charge in [0.1, 0.15) is 4.90 Å². The van der Waals surface area contributed by atoms with Crippen LogP contribution in [0.4, 0.5) is 11.4 Å². The standard InChI is InChI=1S/C14H18N4O3S/c1-4-18-10(2)14(9-15-18)22(20,21)17-13-7-5-6-12(8-13)16-11(3)19/h5-9,17H,4H2,1-3H3,(H,16,19). The summed E-state index contributed by atoms with van der Waals surface area (Å²) in [6.45, 7) is 5.58. The van der Waals surface area contributed by atoms with E-state index < -0.39 is 10.0 Å². The highest BCUT2D eigenvalue weighted by atomic mass is 32.2. The van der Waals surface area contributed by atoms with E-state index in [1.165, 1.54) is 13.1 Å². The molecule has 0 bridgehead atoms. The van der Waals surface area contributed by atoms with Gasteiger partial charge in [-0.3, -0.25) is 14.2 Å². The second-order valence-electron chi connectivity index (χ2n) is 4.78. The molecule has 2 rings (SSSR count). The Morgan fingerprint density at radius 2 is 2.00 bits per heavy atom. The van der Waals surface area contributed by atoms with E-state index in [2.05, 4.69) is 15.1 Å². The number of carbonyl (C=O) groups excluding carboxylic acids is 1. The zero-order valence-corrected chi connectivity index (χ0v) is 13.4. The largest absolute Gasteiger partial charge is 0.326 e. The van der Waals surface area contributed by atoms with Gasteiger partial charge >= 0.3 is 0 Å². The van der Waals surface area contributed by atoms with E-state index in [1.807, 2.05) is 6.92 Å². The van der Waals surface area contributed by atoms with E-state index in [9.17, 15) is 13.2 Å². The summed E-state index contributed by atoms with van der Waals surface area (Å²) >= 11 is 0. The molecule has 0 fully saturated rings. The van der Waals surface area contributed by atoms with E-state index in [4.69, 9.17) is 0 Å². The highest BCUT2D eigenvalue weighted by Crippen LogP contribution is 2.21. The van der Waals surface area contributed by atoms with Gasteiger partial charge in [0.2, 0.25) is 5.91 Å². The fraction of sp³-hybridized carbons (Fsp3) is 0.286. The van der Waals surface area contributed by atoms with Crippen LogP contribution in [0.5, 0.6) is 0 Å². The van der Waals surface area contributed by atoms with Crippen molar-refractivity contribution < 1.29 is 13.2 Å². The fourth-order valence-electron chi connectivity index (χ4n) is 2.09. The predicted molar refractivity (Wildman–Crippen MR) is 84.2 cm³/mol. The van der Waals surface area contributed by atoms with E-state index in [0.29, 0.717) is 23.6 Å². The first kappa shape index (κ1) is 16.0. The minimum Gasteiger partial charge on any atom is -0.326 e. The maximum atomic E-state index is 12.4. The van der Waals surface area contributed by atoms with Gasteiger partial charge in [-0.15, -0.1) is 0 Å². The number of rotatable bonds is 5. The van der Waals surface area contributed by atoms with Gasteiger partial charge < -0.3 is 5.32 Å². The quantitative estimate of drug-likeness (QED) is 0.880. The van der Waals surface area contributed by atoms with E-state index in [0.717, 1.165) is 0 Å². The summed E-state index contributed by atoms with van der Waals surface area (Å²) in [5.41, 5.74) is 1.47. The van der Waals surface area contributed by atoms with Crippen LogP contribution in [0.15, 0.2) is 35.4 Å². The summed E-state index contributed by atoms with van der Waals surface area (Å²) in [6, 6.07) is 6.51. The van der Waals surface area contributed by atoms with Crippen LogP contribution < -0.4 is 10.0 Å². The number of hydrogen-bond acceptors (Lipinski definition) is 4. The van der Waals surface area contributed by atoms with Crippen molar-refractivity contribution in [1.82, 2.24) is 9.78 Å². The molecule has 0 radical (unpaired) electrons. The summed E-state index contributed by atoms with van der Waals surface area (Å²) in [4.78, 5) is 11.2. The molecule has 0 unspecified atom stereocenters. The average Bonchev–Trinajstić information content (AvgIpc) is 2.79. The minimum atomic E-state index is -3.72. The molecule has 0 aliphatic carbocycles. The Morgan fingerprint density at radius 1 is 1.32 bits per heavy atom.